The normalized spacial score (nSPS) is 20.2. The van der Waals surface area contributed by atoms with Crippen LogP contribution in [0.4, 0.5) is 11.6 Å². The molecule has 0 saturated carbocycles. The van der Waals surface area contributed by atoms with Crippen molar-refractivity contribution < 1.29 is 14.1 Å². The van der Waals surface area contributed by atoms with Gasteiger partial charge in [0, 0.05) is 76.6 Å². The Balaban J connectivity index is 0.942. The van der Waals surface area contributed by atoms with Gasteiger partial charge in [-0.1, -0.05) is 35.5 Å². The Hall–Kier alpha value is -4.02. The number of benzene rings is 2. The number of piperazine rings is 2. The second kappa shape index (κ2) is 11.5. The van der Waals surface area contributed by atoms with Crippen LogP contribution in [-0.4, -0.2) is 103 Å². The minimum atomic E-state index is 0.0202. The van der Waals surface area contributed by atoms with Crippen molar-refractivity contribution in [2.45, 2.75) is 18.9 Å². The molecule has 5 heterocycles. The largest absolute Gasteiger partial charge is 0.377 e. The van der Waals surface area contributed by atoms with Crippen LogP contribution in [0, 0.1) is 0 Å². The Morgan fingerprint density at radius 3 is 2.20 bits per heavy atom. The maximum Gasteiger partial charge on any atom is 0.254 e. The van der Waals surface area contributed by atoms with Crippen LogP contribution in [0.3, 0.4) is 0 Å². The Morgan fingerprint density at radius 1 is 0.829 bits per heavy atom. The molecule has 3 fully saturated rings. The van der Waals surface area contributed by atoms with E-state index in [2.05, 4.69) is 42.2 Å². The predicted octanol–water partition coefficient (Wildman–Crippen LogP) is 3.55. The smallest absolute Gasteiger partial charge is 0.254 e. The monoisotopic (exact) mass is 553 g/mol. The van der Waals surface area contributed by atoms with Crippen LogP contribution in [0.5, 0.6) is 0 Å². The fraction of sp³-hybridized carbons (Fsp3) is 0.419. The molecule has 0 N–H and O–H groups in total. The van der Waals surface area contributed by atoms with Crippen molar-refractivity contribution in [1.82, 2.24) is 25.2 Å². The molecule has 1 amide bonds. The zero-order chi connectivity index (χ0) is 27.6. The average Bonchev–Trinajstić information content (AvgIpc) is 3.71. The van der Waals surface area contributed by atoms with Gasteiger partial charge in [-0.25, -0.2) is 0 Å². The molecule has 0 radical (unpaired) electrons. The van der Waals surface area contributed by atoms with E-state index in [1.807, 2.05) is 53.4 Å². The summed E-state index contributed by atoms with van der Waals surface area (Å²) in [4.78, 5) is 22.3. The standard InChI is InChI=1S/C31H35N7O3/c39-31(24-8-9-27-26(21-24)30(41-34-27)23-5-2-1-3-6-23)38-18-16-37(17-19-38)29-11-10-28(32-33-29)36-14-12-35(13-15-36)22-25-7-4-20-40-25/h1-3,5-6,8-11,21,25H,4,7,12-20,22H2. The number of fused-ring (bicyclic) bond motifs is 1. The first-order valence-corrected chi connectivity index (χ1v) is 14.6. The Morgan fingerprint density at radius 2 is 1.54 bits per heavy atom. The first-order chi connectivity index (χ1) is 20.2. The molecule has 10 heteroatoms. The third-order valence-electron chi connectivity index (χ3n) is 8.47. The summed E-state index contributed by atoms with van der Waals surface area (Å²) >= 11 is 0. The fourth-order valence-corrected chi connectivity index (χ4v) is 6.08. The first-order valence-electron chi connectivity index (χ1n) is 14.6. The van der Waals surface area contributed by atoms with Gasteiger partial charge >= 0.3 is 0 Å². The topological polar surface area (TPSA) is 91.1 Å². The fourth-order valence-electron chi connectivity index (χ4n) is 6.08. The average molecular weight is 554 g/mol. The van der Waals surface area contributed by atoms with Crippen LogP contribution < -0.4 is 9.80 Å². The number of rotatable bonds is 6. The number of aromatic nitrogens is 3. The Kier molecular flexibility index (Phi) is 7.24. The number of anilines is 2. The van der Waals surface area contributed by atoms with E-state index in [1.165, 1.54) is 12.8 Å². The molecule has 3 aliphatic heterocycles. The van der Waals surface area contributed by atoms with Crippen LogP contribution >= 0.6 is 0 Å². The molecule has 2 aromatic heterocycles. The van der Waals surface area contributed by atoms with E-state index in [-0.39, 0.29) is 5.91 Å². The summed E-state index contributed by atoms with van der Waals surface area (Å²) in [5.74, 6) is 2.49. The highest BCUT2D eigenvalue weighted by molar-refractivity contribution is 6.01. The maximum atomic E-state index is 13.4. The molecule has 0 bridgehead atoms. The third-order valence-corrected chi connectivity index (χ3v) is 8.47. The summed E-state index contributed by atoms with van der Waals surface area (Å²) in [7, 11) is 0. The molecule has 1 atom stereocenters. The van der Waals surface area contributed by atoms with Crippen molar-refractivity contribution in [1.29, 1.82) is 0 Å². The van der Waals surface area contributed by atoms with Crippen molar-refractivity contribution in [3.63, 3.8) is 0 Å². The molecular weight excluding hydrogens is 518 g/mol. The zero-order valence-electron chi connectivity index (χ0n) is 23.2. The molecular formula is C31H35N7O3. The number of carbonyl (C=O) groups excluding carboxylic acids is 1. The van der Waals surface area contributed by atoms with Gasteiger partial charge in [-0.15, -0.1) is 10.2 Å². The van der Waals surface area contributed by atoms with Crippen LogP contribution in [-0.2, 0) is 4.74 Å². The van der Waals surface area contributed by atoms with Crippen LogP contribution in [0.15, 0.2) is 65.2 Å². The van der Waals surface area contributed by atoms with Gasteiger partial charge in [-0.3, -0.25) is 9.69 Å². The number of ether oxygens (including phenoxy) is 1. The number of hydrogen-bond donors (Lipinski definition) is 0. The molecule has 2 aromatic carbocycles. The second-order valence-corrected chi connectivity index (χ2v) is 11.1. The van der Waals surface area contributed by atoms with Gasteiger partial charge in [-0.2, -0.15) is 0 Å². The van der Waals surface area contributed by atoms with E-state index in [4.69, 9.17) is 9.26 Å². The summed E-state index contributed by atoms with van der Waals surface area (Å²) in [6.45, 7) is 8.59. The number of amides is 1. The Labute approximate surface area is 239 Å². The highest BCUT2D eigenvalue weighted by Gasteiger charge is 2.26. The SMILES string of the molecule is O=C(c1ccc2noc(-c3ccccc3)c2c1)N1CCN(c2ccc(N3CCN(CC4CCCO4)CC3)nn2)CC1. The molecule has 3 saturated heterocycles. The van der Waals surface area contributed by atoms with Crippen LogP contribution in [0.25, 0.3) is 22.2 Å². The Bertz CT molecular complexity index is 1470. The van der Waals surface area contributed by atoms with E-state index in [0.29, 0.717) is 43.6 Å². The lowest BCUT2D eigenvalue weighted by Gasteiger charge is -2.37. The minimum absolute atomic E-state index is 0.0202. The van der Waals surface area contributed by atoms with Crippen molar-refractivity contribution >= 4 is 28.4 Å². The van der Waals surface area contributed by atoms with E-state index < -0.39 is 0 Å². The maximum absolute atomic E-state index is 13.4. The quantitative estimate of drug-likeness (QED) is 0.356. The van der Waals surface area contributed by atoms with Crippen molar-refractivity contribution in [3.8, 4) is 11.3 Å². The highest BCUT2D eigenvalue weighted by atomic mass is 16.5. The molecule has 7 rings (SSSR count). The van der Waals surface area contributed by atoms with E-state index in [0.717, 1.165) is 67.4 Å². The van der Waals surface area contributed by atoms with Crippen molar-refractivity contribution in [3.05, 3.63) is 66.2 Å². The van der Waals surface area contributed by atoms with E-state index in [9.17, 15) is 4.79 Å². The van der Waals surface area contributed by atoms with Crippen molar-refractivity contribution in [2.75, 3.05) is 75.3 Å². The predicted molar refractivity (Wildman–Crippen MR) is 157 cm³/mol. The van der Waals surface area contributed by atoms with Gasteiger partial charge in [0.25, 0.3) is 5.91 Å². The lowest BCUT2D eigenvalue weighted by Crippen LogP contribution is -2.49. The number of carbonyl (C=O) groups is 1. The molecule has 3 aliphatic rings. The van der Waals surface area contributed by atoms with Crippen molar-refractivity contribution in [2.24, 2.45) is 0 Å². The minimum Gasteiger partial charge on any atom is -0.377 e. The summed E-state index contributed by atoms with van der Waals surface area (Å²) < 4.78 is 11.4. The zero-order valence-corrected chi connectivity index (χ0v) is 23.2. The molecule has 41 heavy (non-hydrogen) atoms. The van der Waals surface area contributed by atoms with Gasteiger partial charge in [0.05, 0.1) is 11.5 Å². The molecule has 0 spiro atoms. The molecule has 10 nitrogen and oxygen atoms in total. The van der Waals surface area contributed by atoms with Gasteiger partial charge in [-0.05, 0) is 43.2 Å². The van der Waals surface area contributed by atoms with E-state index in [1.54, 1.807) is 0 Å². The number of hydrogen-bond acceptors (Lipinski definition) is 9. The molecule has 0 aliphatic carbocycles. The van der Waals surface area contributed by atoms with Crippen LogP contribution in [0.2, 0.25) is 0 Å². The summed E-state index contributed by atoms with van der Waals surface area (Å²) in [6, 6.07) is 19.6. The third kappa shape index (κ3) is 5.49. The van der Waals surface area contributed by atoms with Gasteiger partial charge in [0.1, 0.15) is 5.52 Å². The van der Waals surface area contributed by atoms with Gasteiger partial charge in [0.15, 0.2) is 17.4 Å². The molecule has 212 valence electrons. The van der Waals surface area contributed by atoms with Crippen LogP contribution in [0.1, 0.15) is 23.2 Å². The van der Waals surface area contributed by atoms with E-state index >= 15 is 0 Å². The summed E-state index contributed by atoms with van der Waals surface area (Å²) in [6.07, 6.45) is 2.78. The summed E-state index contributed by atoms with van der Waals surface area (Å²) in [5, 5.41) is 14.1. The molecule has 1 unspecified atom stereocenters. The van der Waals surface area contributed by atoms with Gasteiger partial charge < -0.3 is 24.0 Å². The summed E-state index contributed by atoms with van der Waals surface area (Å²) in [5.41, 5.74) is 2.33. The lowest BCUT2D eigenvalue weighted by molar-refractivity contribution is 0.0712. The van der Waals surface area contributed by atoms with Gasteiger partial charge in [0.2, 0.25) is 0 Å². The first kappa shape index (κ1) is 25.9. The lowest BCUT2D eigenvalue weighted by atomic mass is 10.1. The number of nitrogens with zero attached hydrogens (tertiary/aromatic N) is 7. The molecule has 4 aromatic rings. The second-order valence-electron chi connectivity index (χ2n) is 11.1. The highest BCUT2D eigenvalue weighted by Crippen LogP contribution is 2.30.